The number of rotatable bonds is 6. The van der Waals surface area contributed by atoms with Crippen LogP contribution in [0.25, 0.3) is 21.5 Å². The van der Waals surface area contributed by atoms with E-state index < -0.39 is 41.0 Å². The Kier molecular flexibility index (Phi) is 6.56. The summed E-state index contributed by atoms with van der Waals surface area (Å²) in [6.07, 6.45) is -7.88. The second-order valence-corrected chi connectivity index (χ2v) is 8.44. The van der Waals surface area contributed by atoms with Gasteiger partial charge in [-0.05, 0) is 23.8 Å². The number of amides is 1. The number of thiazole rings is 1. The maximum absolute atomic E-state index is 13.6. The Labute approximate surface area is 197 Å². The highest BCUT2D eigenvalue weighted by atomic mass is 32.1. The van der Waals surface area contributed by atoms with Crippen molar-refractivity contribution in [1.82, 2.24) is 20.1 Å². The molecule has 0 unspecified atom stereocenters. The highest BCUT2D eigenvalue weighted by molar-refractivity contribution is 7.17. The van der Waals surface area contributed by atoms with Crippen LogP contribution in [0.3, 0.4) is 0 Å². The van der Waals surface area contributed by atoms with E-state index in [4.69, 9.17) is 5.11 Å². The van der Waals surface area contributed by atoms with Crippen LogP contribution in [0.5, 0.6) is 0 Å². The number of aromatic nitrogens is 3. The first-order valence-corrected chi connectivity index (χ1v) is 10.9. The van der Waals surface area contributed by atoms with Gasteiger partial charge in [-0.3, -0.25) is 9.48 Å². The Morgan fingerprint density at radius 3 is 2.49 bits per heavy atom. The quantitative estimate of drug-likeness (QED) is 0.356. The first-order valence-electron chi connectivity index (χ1n) is 10.1. The van der Waals surface area contributed by atoms with Crippen LogP contribution in [0, 0.1) is 0 Å². The van der Waals surface area contributed by atoms with Gasteiger partial charge in [-0.15, -0.1) is 11.3 Å². The zero-order valence-corrected chi connectivity index (χ0v) is 18.4. The van der Waals surface area contributed by atoms with Crippen LogP contribution >= 0.6 is 11.3 Å². The lowest BCUT2D eigenvalue weighted by Gasteiger charge is -2.08. The van der Waals surface area contributed by atoms with Gasteiger partial charge in [0.05, 0.1) is 24.2 Å². The monoisotopic (exact) mass is 514 g/mol. The zero-order valence-electron chi connectivity index (χ0n) is 17.6. The fourth-order valence-corrected chi connectivity index (χ4v) is 4.46. The number of alkyl halides is 6. The summed E-state index contributed by atoms with van der Waals surface area (Å²) in [5, 5.41) is 15.7. The van der Waals surface area contributed by atoms with Crippen LogP contribution in [-0.4, -0.2) is 38.9 Å². The summed E-state index contributed by atoms with van der Waals surface area (Å²) < 4.78 is 81.1. The number of benzene rings is 2. The SMILES string of the molecule is O=C(NCCO)c1sc(-c2cccc3nn(Cc4cccc(C(F)(F)F)c4)cc23)nc1C(F)(F)F. The Morgan fingerprint density at radius 2 is 1.80 bits per heavy atom. The standard InChI is InChI=1S/C22H16F6N4O2S/c23-21(24,25)13-4-1-3-12(9-13)10-32-11-15-14(5-2-6-16(15)31-32)20-30-18(22(26,27)28)17(35-20)19(34)29-7-8-33/h1-6,9,11,33H,7-8,10H2,(H,29,34). The van der Waals surface area contributed by atoms with Crippen LogP contribution in [0.15, 0.2) is 48.7 Å². The van der Waals surface area contributed by atoms with Crippen molar-refractivity contribution in [3.05, 3.63) is 70.4 Å². The molecule has 0 fully saturated rings. The fourth-order valence-electron chi connectivity index (χ4n) is 3.42. The first kappa shape index (κ1) is 24.7. The predicted octanol–water partition coefficient (Wildman–Crippen LogP) is 4.97. The lowest BCUT2D eigenvalue weighted by molar-refractivity contribution is -0.141. The van der Waals surface area contributed by atoms with E-state index in [2.05, 4.69) is 15.4 Å². The largest absolute Gasteiger partial charge is 0.435 e. The van der Waals surface area contributed by atoms with Gasteiger partial charge < -0.3 is 10.4 Å². The molecule has 0 aliphatic heterocycles. The topological polar surface area (TPSA) is 80.0 Å². The summed E-state index contributed by atoms with van der Waals surface area (Å²) >= 11 is 0.544. The van der Waals surface area contributed by atoms with Crippen LogP contribution in [0.2, 0.25) is 0 Å². The molecule has 184 valence electrons. The van der Waals surface area contributed by atoms with Crippen LogP contribution in [0.1, 0.15) is 26.5 Å². The van der Waals surface area contributed by atoms with E-state index in [1.54, 1.807) is 12.1 Å². The van der Waals surface area contributed by atoms with Crippen molar-refractivity contribution >= 4 is 28.1 Å². The van der Waals surface area contributed by atoms with Crippen molar-refractivity contribution < 1.29 is 36.2 Å². The van der Waals surface area contributed by atoms with Crippen molar-refractivity contribution in [3.8, 4) is 10.6 Å². The number of fused-ring (bicyclic) bond motifs is 1. The predicted molar refractivity (Wildman–Crippen MR) is 116 cm³/mol. The van der Waals surface area contributed by atoms with E-state index in [0.717, 1.165) is 12.1 Å². The minimum absolute atomic E-state index is 0.00146. The number of aliphatic hydroxyl groups excluding tert-OH is 1. The fraction of sp³-hybridized carbons (Fsp3) is 0.227. The Balaban J connectivity index is 1.73. The molecule has 2 heterocycles. The van der Waals surface area contributed by atoms with Gasteiger partial charge in [0, 0.05) is 23.7 Å². The molecule has 1 amide bonds. The summed E-state index contributed by atoms with van der Waals surface area (Å²) in [6.45, 7) is -0.664. The molecule has 13 heteroatoms. The molecule has 0 spiro atoms. The van der Waals surface area contributed by atoms with Gasteiger partial charge >= 0.3 is 12.4 Å². The molecule has 2 N–H and O–H groups in total. The number of nitrogens with zero attached hydrogens (tertiary/aromatic N) is 3. The third kappa shape index (κ3) is 5.30. The number of halogens is 6. The van der Waals surface area contributed by atoms with Gasteiger partial charge in [0.1, 0.15) is 9.88 Å². The number of hydrogen-bond donors (Lipinski definition) is 2. The molecule has 0 aliphatic carbocycles. The molecule has 6 nitrogen and oxygen atoms in total. The second kappa shape index (κ2) is 9.30. The summed E-state index contributed by atoms with van der Waals surface area (Å²) in [4.78, 5) is 15.3. The molecular formula is C22H16F6N4O2S. The molecule has 4 aromatic rings. The molecule has 35 heavy (non-hydrogen) atoms. The summed E-state index contributed by atoms with van der Waals surface area (Å²) in [5.41, 5.74) is -1.13. The van der Waals surface area contributed by atoms with Crippen molar-refractivity contribution in [2.75, 3.05) is 13.2 Å². The van der Waals surface area contributed by atoms with Gasteiger partial charge in [0.2, 0.25) is 0 Å². The molecule has 0 bridgehead atoms. The Hall–Kier alpha value is -3.45. The van der Waals surface area contributed by atoms with Crippen molar-refractivity contribution in [2.45, 2.75) is 18.9 Å². The van der Waals surface area contributed by atoms with Gasteiger partial charge in [-0.1, -0.05) is 24.3 Å². The van der Waals surface area contributed by atoms with Crippen molar-refractivity contribution in [3.63, 3.8) is 0 Å². The Morgan fingerprint density at radius 1 is 1.06 bits per heavy atom. The molecular weight excluding hydrogens is 498 g/mol. The van der Waals surface area contributed by atoms with Crippen LogP contribution in [0.4, 0.5) is 26.3 Å². The average Bonchev–Trinajstić information content (AvgIpc) is 3.41. The average molecular weight is 514 g/mol. The number of nitrogens with one attached hydrogen (secondary N) is 1. The van der Waals surface area contributed by atoms with E-state index in [-0.39, 0.29) is 23.7 Å². The van der Waals surface area contributed by atoms with E-state index in [1.165, 1.54) is 29.1 Å². The lowest BCUT2D eigenvalue weighted by Crippen LogP contribution is -2.27. The molecule has 4 rings (SSSR count). The lowest BCUT2D eigenvalue weighted by atomic mass is 10.1. The number of carbonyl (C=O) groups excluding carboxylic acids is 1. The maximum atomic E-state index is 13.6. The molecule has 0 aliphatic rings. The number of carbonyl (C=O) groups is 1. The summed E-state index contributed by atoms with van der Waals surface area (Å²) in [6, 6.07) is 9.43. The molecule has 0 saturated heterocycles. The van der Waals surface area contributed by atoms with Gasteiger partial charge in [-0.25, -0.2) is 4.98 Å². The minimum Gasteiger partial charge on any atom is -0.395 e. The van der Waals surface area contributed by atoms with E-state index in [1.807, 2.05) is 0 Å². The minimum atomic E-state index is -4.89. The molecule has 0 radical (unpaired) electrons. The number of hydrogen-bond acceptors (Lipinski definition) is 5. The summed E-state index contributed by atoms with van der Waals surface area (Å²) in [7, 11) is 0. The third-order valence-corrected chi connectivity index (χ3v) is 6.01. The molecule has 2 aromatic heterocycles. The van der Waals surface area contributed by atoms with Gasteiger partial charge in [0.25, 0.3) is 5.91 Å². The highest BCUT2D eigenvalue weighted by Crippen LogP contribution is 2.39. The summed E-state index contributed by atoms with van der Waals surface area (Å²) in [5.74, 6) is -1.01. The number of aliphatic hydroxyl groups is 1. The van der Waals surface area contributed by atoms with Crippen LogP contribution in [-0.2, 0) is 18.9 Å². The normalized spacial score (nSPS) is 12.3. The highest BCUT2D eigenvalue weighted by Gasteiger charge is 2.40. The zero-order chi connectivity index (χ0) is 25.4. The third-order valence-electron chi connectivity index (χ3n) is 4.93. The molecule has 0 atom stereocenters. The second-order valence-electron chi connectivity index (χ2n) is 7.44. The van der Waals surface area contributed by atoms with Gasteiger partial charge in [0.15, 0.2) is 5.69 Å². The molecule has 2 aromatic carbocycles. The molecule has 0 saturated carbocycles. The smallest absolute Gasteiger partial charge is 0.395 e. The van der Waals surface area contributed by atoms with E-state index >= 15 is 0 Å². The van der Waals surface area contributed by atoms with E-state index in [0.29, 0.717) is 27.8 Å². The van der Waals surface area contributed by atoms with Crippen LogP contribution < -0.4 is 5.32 Å². The Bertz CT molecular complexity index is 1380. The maximum Gasteiger partial charge on any atom is 0.435 e. The van der Waals surface area contributed by atoms with Crippen molar-refractivity contribution in [2.24, 2.45) is 0 Å². The van der Waals surface area contributed by atoms with Gasteiger partial charge in [-0.2, -0.15) is 31.4 Å². The van der Waals surface area contributed by atoms with E-state index in [9.17, 15) is 31.1 Å². The first-order chi connectivity index (χ1) is 16.5. The van der Waals surface area contributed by atoms with Crippen molar-refractivity contribution in [1.29, 1.82) is 0 Å².